The fraction of sp³-hybridized carbons (Fsp3) is 0.391. The molecule has 0 aromatic heterocycles. The van der Waals surface area contributed by atoms with Crippen molar-refractivity contribution in [3.63, 3.8) is 0 Å². The lowest BCUT2D eigenvalue weighted by molar-refractivity contribution is -0.123. The molecule has 166 valence electrons. The van der Waals surface area contributed by atoms with Gasteiger partial charge in [-0.1, -0.05) is 31.2 Å². The highest BCUT2D eigenvalue weighted by Crippen LogP contribution is 2.20. The molecule has 2 aromatic rings. The van der Waals surface area contributed by atoms with Crippen LogP contribution in [0.2, 0.25) is 0 Å². The molecule has 0 saturated carbocycles. The number of primary amides is 1. The van der Waals surface area contributed by atoms with Crippen molar-refractivity contribution in [2.24, 2.45) is 11.7 Å². The maximum absolute atomic E-state index is 12.7. The summed E-state index contributed by atoms with van der Waals surface area (Å²) in [4.78, 5) is 26.3. The Morgan fingerprint density at radius 1 is 1.06 bits per heavy atom. The molecular formula is C23H29N3O4S. The van der Waals surface area contributed by atoms with Gasteiger partial charge in [-0.05, 0) is 62.2 Å². The number of amides is 2. The van der Waals surface area contributed by atoms with Crippen molar-refractivity contribution in [1.82, 2.24) is 4.90 Å². The molecule has 0 aliphatic carbocycles. The van der Waals surface area contributed by atoms with Crippen LogP contribution in [-0.2, 0) is 21.1 Å². The molecule has 0 unspecified atom stereocenters. The number of nitrogens with two attached hydrogens (primary N) is 1. The molecule has 1 fully saturated rings. The molecule has 1 aliphatic rings. The number of hydrogen-bond acceptors (Lipinski definition) is 5. The SMILES string of the molecule is CCS(=O)(=O)c1ccccc1C(=O)Nc1ccc(CCN2CCC(C(N)=O)CC2)cc1. The van der Waals surface area contributed by atoms with Gasteiger partial charge in [0, 0.05) is 18.2 Å². The van der Waals surface area contributed by atoms with E-state index in [0.29, 0.717) is 5.69 Å². The molecule has 2 aromatic carbocycles. The maximum Gasteiger partial charge on any atom is 0.256 e. The summed E-state index contributed by atoms with van der Waals surface area (Å²) in [6, 6.07) is 13.8. The number of rotatable bonds is 8. The van der Waals surface area contributed by atoms with Crippen molar-refractivity contribution in [2.45, 2.75) is 31.1 Å². The summed E-state index contributed by atoms with van der Waals surface area (Å²) in [6.07, 6.45) is 2.50. The number of likely N-dealkylation sites (tertiary alicyclic amines) is 1. The number of carbonyl (C=O) groups is 2. The predicted molar refractivity (Wildman–Crippen MR) is 121 cm³/mol. The van der Waals surface area contributed by atoms with Gasteiger partial charge >= 0.3 is 0 Å². The number of nitrogens with zero attached hydrogens (tertiary/aromatic N) is 1. The van der Waals surface area contributed by atoms with Gasteiger partial charge in [0.2, 0.25) is 5.91 Å². The van der Waals surface area contributed by atoms with Crippen molar-refractivity contribution in [3.8, 4) is 0 Å². The van der Waals surface area contributed by atoms with Crippen molar-refractivity contribution in [3.05, 3.63) is 59.7 Å². The van der Waals surface area contributed by atoms with Crippen molar-refractivity contribution in [2.75, 3.05) is 30.7 Å². The Morgan fingerprint density at radius 3 is 2.32 bits per heavy atom. The van der Waals surface area contributed by atoms with E-state index in [2.05, 4.69) is 10.2 Å². The Morgan fingerprint density at radius 2 is 1.71 bits per heavy atom. The smallest absolute Gasteiger partial charge is 0.256 e. The number of piperidine rings is 1. The zero-order valence-corrected chi connectivity index (χ0v) is 18.5. The Balaban J connectivity index is 1.57. The minimum atomic E-state index is -3.49. The van der Waals surface area contributed by atoms with Crippen molar-refractivity contribution < 1.29 is 18.0 Å². The fourth-order valence-electron chi connectivity index (χ4n) is 3.76. The zero-order valence-electron chi connectivity index (χ0n) is 17.7. The largest absolute Gasteiger partial charge is 0.369 e. The highest BCUT2D eigenvalue weighted by atomic mass is 32.2. The van der Waals surface area contributed by atoms with Gasteiger partial charge in [0.25, 0.3) is 5.91 Å². The topological polar surface area (TPSA) is 110 Å². The normalized spacial score (nSPS) is 15.5. The monoisotopic (exact) mass is 443 g/mol. The zero-order chi connectivity index (χ0) is 22.4. The van der Waals surface area contributed by atoms with E-state index in [1.807, 2.05) is 24.3 Å². The van der Waals surface area contributed by atoms with Crippen LogP contribution in [0, 0.1) is 5.92 Å². The average Bonchev–Trinajstić information content (AvgIpc) is 2.79. The number of sulfone groups is 1. The third kappa shape index (κ3) is 5.92. The van der Waals surface area contributed by atoms with E-state index in [1.54, 1.807) is 19.1 Å². The molecule has 0 bridgehead atoms. The first-order valence-corrected chi connectivity index (χ1v) is 12.2. The lowest BCUT2D eigenvalue weighted by atomic mass is 9.96. The first kappa shape index (κ1) is 23.0. The molecule has 8 heteroatoms. The van der Waals surface area contributed by atoms with Gasteiger partial charge in [-0.15, -0.1) is 0 Å². The molecule has 0 atom stereocenters. The summed E-state index contributed by atoms with van der Waals surface area (Å²) < 4.78 is 24.5. The van der Waals surface area contributed by atoms with E-state index >= 15 is 0 Å². The summed E-state index contributed by atoms with van der Waals surface area (Å²) in [7, 11) is -3.49. The summed E-state index contributed by atoms with van der Waals surface area (Å²) in [5, 5.41) is 2.79. The first-order valence-electron chi connectivity index (χ1n) is 10.5. The van der Waals surface area contributed by atoms with E-state index in [9.17, 15) is 18.0 Å². The molecule has 3 N–H and O–H groups in total. The van der Waals surface area contributed by atoms with E-state index < -0.39 is 15.7 Å². The van der Waals surface area contributed by atoms with Crippen molar-refractivity contribution in [1.29, 1.82) is 0 Å². The van der Waals surface area contributed by atoms with Gasteiger partial charge < -0.3 is 16.0 Å². The molecule has 3 rings (SSSR count). The van der Waals surface area contributed by atoms with E-state index in [4.69, 9.17) is 5.73 Å². The van der Waals surface area contributed by atoms with E-state index in [0.717, 1.165) is 44.5 Å². The molecule has 0 spiro atoms. The Kier molecular flexibility index (Phi) is 7.46. The van der Waals surface area contributed by atoms with Crippen LogP contribution in [0.3, 0.4) is 0 Å². The molecule has 1 heterocycles. The van der Waals surface area contributed by atoms with Crippen LogP contribution < -0.4 is 11.1 Å². The van der Waals surface area contributed by atoms with Gasteiger partial charge in [0.15, 0.2) is 9.84 Å². The van der Waals surface area contributed by atoms with Crippen LogP contribution >= 0.6 is 0 Å². The molecule has 1 saturated heterocycles. The number of benzene rings is 2. The van der Waals surface area contributed by atoms with Gasteiger partial charge in [-0.2, -0.15) is 0 Å². The van der Waals surface area contributed by atoms with Crippen LogP contribution in [0.25, 0.3) is 0 Å². The van der Waals surface area contributed by atoms with E-state index in [-0.39, 0.29) is 28.0 Å². The van der Waals surface area contributed by atoms with Gasteiger partial charge in [0.1, 0.15) is 0 Å². The minimum Gasteiger partial charge on any atom is -0.369 e. The summed E-state index contributed by atoms with van der Waals surface area (Å²) in [6.45, 7) is 4.21. The predicted octanol–water partition coefficient (Wildman–Crippen LogP) is 2.47. The Hall–Kier alpha value is -2.71. The van der Waals surface area contributed by atoms with Gasteiger partial charge in [-0.3, -0.25) is 9.59 Å². The number of hydrogen-bond donors (Lipinski definition) is 2. The van der Waals surface area contributed by atoms with Crippen LogP contribution in [0.5, 0.6) is 0 Å². The molecule has 7 nitrogen and oxygen atoms in total. The molecule has 2 amide bonds. The van der Waals surface area contributed by atoms with E-state index in [1.165, 1.54) is 12.1 Å². The van der Waals surface area contributed by atoms with Crippen LogP contribution in [0.15, 0.2) is 53.4 Å². The third-order valence-electron chi connectivity index (χ3n) is 5.77. The number of anilines is 1. The molecule has 1 aliphatic heterocycles. The lowest BCUT2D eigenvalue weighted by Crippen LogP contribution is -2.39. The minimum absolute atomic E-state index is 0.00316. The Bertz CT molecular complexity index is 1030. The standard InChI is InChI=1S/C23H29N3O4S/c1-2-31(29,30)21-6-4-3-5-20(21)23(28)25-19-9-7-17(8-10-19)11-14-26-15-12-18(13-16-26)22(24)27/h3-10,18H,2,11-16H2,1H3,(H2,24,27)(H,25,28). The highest BCUT2D eigenvalue weighted by molar-refractivity contribution is 7.91. The Labute approximate surface area is 183 Å². The summed E-state index contributed by atoms with van der Waals surface area (Å²) in [5.74, 6) is -0.715. The van der Waals surface area contributed by atoms with Crippen LogP contribution in [0.1, 0.15) is 35.7 Å². The molecule has 31 heavy (non-hydrogen) atoms. The van der Waals surface area contributed by atoms with Gasteiger partial charge in [-0.25, -0.2) is 8.42 Å². The average molecular weight is 444 g/mol. The number of nitrogens with one attached hydrogen (secondary N) is 1. The van der Waals surface area contributed by atoms with Crippen LogP contribution in [0.4, 0.5) is 5.69 Å². The first-order chi connectivity index (χ1) is 14.8. The maximum atomic E-state index is 12.7. The molecular weight excluding hydrogens is 414 g/mol. The summed E-state index contributed by atoms with van der Waals surface area (Å²) >= 11 is 0. The third-order valence-corrected chi connectivity index (χ3v) is 7.55. The lowest BCUT2D eigenvalue weighted by Gasteiger charge is -2.30. The molecule has 0 radical (unpaired) electrons. The van der Waals surface area contributed by atoms with Gasteiger partial charge in [0.05, 0.1) is 16.2 Å². The number of carbonyl (C=O) groups excluding carboxylic acids is 2. The van der Waals surface area contributed by atoms with Crippen molar-refractivity contribution >= 4 is 27.3 Å². The second-order valence-electron chi connectivity index (χ2n) is 7.82. The quantitative estimate of drug-likeness (QED) is 0.651. The second-order valence-corrected chi connectivity index (χ2v) is 10.1. The second kappa shape index (κ2) is 10.1. The fourth-order valence-corrected chi connectivity index (χ4v) is 4.86. The summed E-state index contributed by atoms with van der Waals surface area (Å²) in [5.41, 5.74) is 7.28. The highest BCUT2D eigenvalue weighted by Gasteiger charge is 2.23. The van der Waals surface area contributed by atoms with Crippen LogP contribution in [-0.4, -0.2) is 50.5 Å².